The first-order chi connectivity index (χ1) is 9.93. The minimum absolute atomic E-state index is 0.0516. The van der Waals surface area contributed by atoms with E-state index in [1.807, 2.05) is 0 Å². The third-order valence-electron chi connectivity index (χ3n) is 4.29. The van der Waals surface area contributed by atoms with Crippen molar-refractivity contribution in [2.24, 2.45) is 23.5 Å². The van der Waals surface area contributed by atoms with Gasteiger partial charge in [-0.25, -0.2) is 0 Å². The predicted octanol–water partition coefficient (Wildman–Crippen LogP) is 2.15. The maximum absolute atomic E-state index is 12.2. The minimum atomic E-state index is -0.792. The third-order valence-corrected chi connectivity index (χ3v) is 4.29. The highest BCUT2D eigenvalue weighted by Gasteiger charge is 2.30. The van der Waals surface area contributed by atoms with Gasteiger partial charge in [-0.3, -0.25) is 9.59 Å². The van der Waals surface area contributed by atoms with E-state index in [1.165, 1.54) is 0 Å². The Morgan fingerprint density at radius 2 is 1.90 bits per heavy atom. The zero-order chi connectivity index (χ0) is 15.8. The first kappa shape index (κ1) is 18.0. The standard InChI is InChI=1S/C16H30N2O3/c1-11(2)8-12(10-17)9-15(19)18-14-7-5-3-4-6-13(14)16(20)21/h11-14H,3-10,17H2,1-2H3,(H,18,19)(H,20,21). The zero-order valence-electron chi connectivity index (χ0n) is 13.3. The monoisotopic (exact) mass is 298 g/mol. The van der Waals surface area contributed by atoms with Gasteiger partial charge in [0.1, 0.15) is 0 Å². The van der Waals surface area contributed by atoms with Crippen molar-refractivity contribution in [3.63, 3.8) is 0 Å². The van der Waals surface area contributed by atoms with Crippen molar-refractivity contribution in [3.8, 4) is 0 Å². The van der Waals surface area contributed by atoms with Crippen LogP contribution in [0.1, 0.15) is 58.8 Å². The minimum Gasteiger partial charge on any atom is -0.481 e. The predicted molar refractivity (Wildman–Crippen MR) is 82.8 cm³/mol. The molecule has 0 aliphatic heterocycles. The fourth-order valence-corrected chi connectivity index (χ4v) is 3.23. The lowest BCUT2D eigenvalue weighted by molar-refractivity contribution is -0.143. The zero-order valence-corrected chi connectivity index (χ0v) is 13.3. The molecule has 4 N–H and O–H groups in total. The summed E-state index contributed by atoms with van der Waals surface area (Å²) in [5.74, 6) is -0.600. The van der Waals surface area contributed by atoms with Crippen molar-refractivity contribution in [1.29, 1.82) is 0 Å². The van der Waals surface area contributed by atoms with Gasteiger partial charge in [0, 0.05) is 12.5 Å². The summed E-state index contributed by atoms with van der Waals surface area (Å²) in [6.07, 6.45) is 5.72. The van der Waals surface area contributed by atoms with Crippen molar-refractivity contribution >= 4 is 11.9 Å². The normalized spacial score (nSPS) is 24.4. The molecule has 1 amide bonds. The number of carboxylic acid groups (broad SMARTS) is 1. The maximum atomic E-state index is 12.2. The maximum Gasteiger partial charge on any atom is 0.308 e. The number of hydrogen-bond acceptors (Lipinski definition) is 3. The molecule has 1 saturated carbocycles. The van der Waals surface area contributed by atoms with E-state index < -0.39 is 11.9 Å². The van der Waals surface area contributed by atoms with Gasteiger partial charge in [0.25, 0.3) is 0 Å². The van der Waals surface area contributed by atoms with Crippen molar-refractivity contribution in [2.75, 3.05) is 6.54 Å². The van der Waals surface area contributed by atoms with Gasteiger partial charge in [-0.15, -0.1) is 0 Å². The Balaban J connectivity index is 2.55. The Hall–Kier alpha value is -1.10. The van der Waals surface area contributed by atoms with Gasteiger partial charge >= 0.3 is 5.97 Å². The molecule has 5 heteroatoms. The van der Waals surface area contributed by atoms with Crippen LogP contribution in [0.5, 0.6) is 0 Å². The van der Waals surface area contributed by atoms with E-state index >= 15 is 0 Å². The number of nitrogens with two attached hydrogens (primary N) is 1. The molecule has 0 aromatic rings. The van der Waals surface area contributed by atoms with Crippen molar-refractivity contribution in [1.82, 2.24) is 5.32 Å². The van der Waals surface area contributed by atoms with Gasteiger partial charge in [-0.2, -0.15) is 0 Å². The Morgan fingerprint density at radius 1 is 1.24 bits per heavy atom. The van der Waals surface area contributed by atoms with Crippen LogP contribution in [-0.2, 0) is 9.59 Å². The molecule has 1 rings (SSSR count). The smallest absolute Gasteiger partial charge is 0.308 e. The number of aliphatic carboxylic acids is 1. The highest BCUT2D eigenvalue weighted by Crippen LogP contribution is 2.24. The van der Waals surface area contributed by atoms with Crippen molar-refractivity contribution < 1.29 is 14.7 Å². The Labute approximate surface area is 127 Å². The van der Waals surface area contributed by atoms with E-state index in [1.54, 1.807) is 0 Å². The molecule has 5 nitrogen and oxygen atoms in total. The van der Waals surface area contributed by atoms with Crippen molar-refractivity contribution in [3.05, 3.63) is 0 Å². The molecule has 1 fully saturated rings. The summed E-state index contributed by atoms with van der Waals surface area (Å²) >= 11 is 0. The van der Waals surface area contributed by atoms with E-state index in [0.29, 0.717) is 25.3 Å². The summed E-state index contributed by atoms with van der Waals surface area (Å²) in [4.78, 5) is 23.5. The molecule has 21 heavy (non-hydrogen) atoms. The van der Waals surface area contributed by atoms with Crippen LogP contribution in [0.3, 0.4) is 0 Å². The number of rotatable bonds is 7. The van der Waals surface area contributed by atoms with Crippen LogP contribution < -0.4 is 11.1 Å². The summed E-state index contributed by atoms with van der Waals surface area (Å²) in [5.41, 5.74) is 5.73. The topological polar surface area (TPSA) is 92.4 Å². The molecule has 0 aromatic heterocycles. The summed E-state index contributed by atoms with van der Waals surface area (Å²) in [5, 5.41) is 12.3. The highest BCUT2D eigenvalue weighted by molar-refractivity contribution is 5.78. The molecule has 0 spiro atoms. The fraction of sp³-hybridized carbons (Fsp3) is 0.875. The molecule has 0 saturated heterocycles. The van der Waals surface area contributed by atoms with Crippen LogP contribution in [0.15, 0.2) is 0 Å². The van der Waals surface area contributed by atoms with Crippen LogP contribution >= 0.6 is 0 Å². The first-order valence-electron chi connectivity index (χ1n) is 8.16. The molecule has 0 radical (unpaired) electrons. The Bertz CT molecular complexity index is 344. The molecular weight excluding hydrogens is 268 g/mol. The number of hydrogen-bond donors (Lipinski definition) is 3. The first-order valence-corrected chi connectivity index (χ1v) is 8.16. The number of nitrogens with one attached hydrogen (secondary N) is 1. The molecule has 122 valence electrons. The van der Waals surface area contributed by atoms with E-state index in [9.17, 15) is 14.7 Å². The van der Waals surface area contributed by atoms with Gasteiger partial charge in [0.05, 0.1) is 5.92 Å². The third kappa shape index (κ3) is 6.46. The van der Waals surface area contributed by atoms with Gasteiger partial charge in [-0.05, 0) is 37.6 Å². The van der Waals surface area contributed by atoms with Crippen LogP contribution in [0.4, 0.5) is 0 Å². The summed E-state index contributed by atoms with van der Waals surface area (Å²) in [7, 11) is 0. The van der Waals surface area contributed by atoms with Crippen molar-refractivity contribution in [2.45, 2.75) is 64.8 Å². The highest BCUT2D eigenvalue weighted by atomic mass is 16.4. The molecule has 0 heterocycles. The molecule has 0 aromatic carbocycles. The fourth-order valence-electron chi connectivity index (χ4n) is 3.23. The quantitative estimate of drug-likeness (QED) is 0.628. The second-order valence-corrected chi connectivity index (χ2v) is 6.69. The average molecular weight is 298 g/mol. The molecule has 1 aliphatic carbocycles. The van der Waals surface area contributed by atoms with E-state index in [0.717, 1.165) is 32.1 Å². The van der Waals surface area contributed by atoms with E-state index in [-0.39, 0.29) is 17.9 Å². The van der Waals surface area contributed by atoms with Gasteiger partial charge in [0.15, 0.2) is 0 Å². The lowest BCUT2D eigenvalue weighted by Crippen LogP contribution is -2.43. The largest absolute Gasteiger partial charge is 0.481 e. The van der Waals surface area contributed by atoms with E-state index in [4.69, 9.17) is 5.73 Å². The lowest BCUT2D eigenvalue weighted by atomic mass is 9.92. The van der Waals surface area contributed by atoms with Crippen LogP contribution in [0, 0.1) is 17.8 Å². The SMILES string of the molecule is CC(C)CC(CN)CC(=O)NC1CCCCCC1C(=O)O. The van der Waals surface area contributed by atoms with Gasteiger partial charge in [0.2, 0.25) is 5.91 Å². The van der Waals surface area contributed by atoms with Gasteiger partial charge in [-0.1, -0.05) is 33.1 Å². The molecule has 3 atom stereocenters. The lowest BCUT2D eigenvalue weighted by Gasteiger charge is -2.24. The van der Waals surface area contributed by atoms with Crippen LogP contribution in [0.2, 0.25) is 0 Å². The molecule has 1 aliphatic rings. The number of carbonyl (C=O) groups is 2. The summed E-state index contributed by atoms with van der Waals surface area (Å²) < 4.78 is 0. The number of amides is 1. The van der Waals surface area contributed by atoms with Gasteiger partial charge < -0.3 is 16.2 Å². The molecular formula is C16H30N2O3. The second-order valence-electron chi connectivity index (χ2n) is 6.69. The molecule has 3 unspecified atom stereocenters. The summed E-state index contributed by atoms with van der Waals surface area (Å²) in [6.45, 7) is 4.73. The van der Waals surface area contributed by atoms with E-state index in [2.05, 4.69) is 19.2 Å². The average Bonchev–Trinajstić information content (AvgIpc) is 2.62. The van der Waals surface area contributed by atoms with Crippen LogP contribution in [0.25, 0.3) is 0 Å². The molecule has 0 bridgehead atoms. The van der Waals surface area contributed by atoms with Crippen LogP contribution in [-0.4, -0.2) is 29.6 Å². The summed E-state index contributed by atoms with van der Waals surface area (Å²) in [6, 6.07) is -0.227. The number of carbonyl (C=O) groups excluding carboxylic acids is 1. The Morgan fingerprint density at radius 3 is 2.48 bits per heavy atom. The Kier molecular flexibility index (Phi) is 7.72. The second kappa shape index (κ2) is 9.03. The number of carboxylic acids is 1.